The molecule has 3 N–H and O–H groups in total. The lowest BCUT2D eigenvalue weighted by molar-refractivity contribution is -0.137. The Balaban J connectivity index is 2.68. The summed E-state index contributed by atoms with van der Waals surface area (Å²) in [5, 5.41) is 3.10. The number of halogens is 3. The third kappa shape index (κ3) is 4.90. The van der Waals surface area contributed by atoms with Crippen molar-refractivity contribution in [2.45, 2.75) is 38.5 Å². The van der Waals surface area contributed by atoms with Gasteiger partial charge in [0.05, 0.1) is 5.56 Å². The van der Waals surface area contributed by atoms with E-state index in [-0.39, 0.29) is 18.5 Å². The minimum absolute atomic E-state index is 0.130. The fourth-order valence-corrected chi connectivity index (χ4v) is 1.84. The second-order valence-corrected chi connectivity index (χ2v) is 4.58. The number of nitrogens with one attached hydrogen (secondary N) is 1. The van der Waals surface area contributed by atoms with Crippen LogP contribution in [0, 0.1) is 0 Å². The molecule has 0 aromatic heterocycles. The van der Waals surface area contributed by atoms with Crippen molar-refractivity contribution >= 4 is 5.91 Å². The quantitative estimate of drug-likeness (QED) is 0.867. The molecule has 1 amide bonds. The first-order valence-electron chi connectivity index (χ1n) is 5.91. The lowest BCUT2D eigenvalue weighted by Crippen LogP contribution is -2.32. The number of nitrogens with two attached hydrogens (primary N) is 1. The predicted octanol–water partition coefficient (Wildman–Crippen LogP) is 2.62. The second kappa shape index (κ2) is 6.06. The zero-order chi connectivity index (χ0) is 14.6. The van der Waals surface area contributed by atoms with E-state index >= 15 is 0 Å². The minimum Gasteiger partial charge on any atom is -0.370 e. The monoisotopic (exact) mass is 274 g/mol. The number of carbonyl (C=O) groups excluding carboxylic acids is 1. The molecule has 1 aromatic carbocycles. The van der Waals surface area contributed by atoms with Crippen LogP contribution in [0.5, 0.6) is 0 Å². The van der Waals surface area contributed by atoms with Crippen molar-refractivity contribution in [1.82, 2.24) is 5.32 Å². The summed E-state index contributed by atoms with van der Waals surface area (Å²) in [6.45, 7) is 3.62. The largest absolute Gasteiger partial charge is 0.416 e. The van der Waals surface area contributed by atoms with Crippen LogP contribution < -0.4 is 11.1 Å². The van der Waals surface area contributed by atoms with Gasteiger partial charge in [-0.05, 0) is 31.5 Å². The summed E-state index contributed by atoms with van der Waals surface area (Å²) in [6.07, 6.45) is -4.14. The molecule has 0 saturated heterocycles. The van der Waals surface area contributed by atoms with E-state index in [0.717, 1.165) is 17.7 Å². The third-order valence-corrected chi connectivity index (χ3v) is 2.78. The Morgan fingerprint density at radius 1 is 1.26 bits per heavy atom. The molecule has 106 valence electrons. The first-order valence-corrected chi connectivity index (χ1v) is 5.91. The lowest BCUT2D eigenvalue weighted by Gasteiger charge is -2.19. The highest BCUT2D eigenvalue weighted by Crippen LogP contribution is 2.29. The third-order valence-electron chi connectivity index (χ3n) is 2.78. The van der Waals surface area contributed by atoms with Gasteiger partial charge in [-0.25, -0.2) is 0 Å². The number of rotatable bonds is 5. The van der Waals surface area contributed by atoms with Crippen LogP contribution in [0.2, 0.25) is 0 Å². The van der Waals surface area contributed by atoms with E-state index in [4.69, 9.17) is 5.73 Å². The van der Waals surface area contributed by atoms with Crippen LogP contribution >= 0.6 is 0 Å². The van der Waals surface area contributed by atoms with Crippen LogP contribution in [0.25, 0.3) is 0 Å². The van der Waals surface area contributed by atoms with Crippen molar-refractivity contribution in [3.05, 3.63) is 35.4 Å². The van der Waals surface area contributed by atoms with E-state index in [0.29, 0.717) is 0 Å². The zero-order valence-corrected chi connectivity index (χ0v) is 10.8. The highest BCUT2D eigenvalue weighted by molar-refractivity contribution is 5.74. The number of hydrogen-bond acceptors (Lipinski definition) is 2. The molecule has 0 aliphatic heterocycles. The minimum atomic E-state index is -4.32. The summed E-state index contributed by atoms with van der Waals surface area (Å²) in [7, 11) is 0. The number of primary amides is 1. The van der Waals surface area contributed by atoms with Crippen molar-refractivity contribution in [3.8, 4) is 0 Å². The Kier molecular flexibility index (Phi) is 4.94. The summed E-state index contributed by atoms with van der Waals surface area (Å²) in [5.41, 5.74) is 5.13. The van der Waals surface area contributed by atoms with Gasteiger partial charge in [-0.1, -0.05) is 12.1 Å². The Morgan fingerprint density at radius 2 is 1.79 bits per heavy atom. The molecule has 0 heterocycles. The molecule has 0 radical (unpaired) electrons. The number of alkyl halides is 3. The summed E-state index contributed by atoms with van der Waals surface area (Å²) < 4.78 is 37.2. The Hall–Kier alpha value is -1.56. The molecule has 2 unspecified atom stereocenters. The smallest absolute Gasteiger partial charge is 0.370 e. The number of hydrogen-bond donors (Lipinski definition) is 2. The topological polar surface area (TPSA) is 55.1 Å². The molecule has 0 spiro atoms. The van der Waals surface area contributed by atoms with Gasteiger partial charge in [-0.2, -0.15) is 13.2 Å². The summed E-state index contributed by atoms with van der Waals surface area (Å²) >= 11 is 0. The first-order chi connectivity index (χ1) is 8.70. The van der Waals surface area contributed by atoms with Crippen LogP contribution in [0.4, 0.5) is 13.2 Å². The summed E-state index contributed by atoms with van der Waals surface area (Å²) in [6, 6.07) is 4.67. The molecule has 1 rings (SSSR count). The molecule has 0 aliphatic carbocycles. The van der Waals surface area contributed by atoms with Crippen LogP contribution in [-0.4, -0.2) is 11.9 Å². The zero-order valence-electron chi connectivity index (χ0n) is 10.8. The van der Waals surface area contributed by atoms with E-state index in [9.17, 15) is 18.0 Å². The van der Waals surface area contributed by atoms with Gasteiger partial charge in [-0.15, -0.1) is 0 Å². The molecule has 0 aliphatic rings. The average Bonchev–Trinajstić information content (AvgIpc) is 2.26. The van der Waals surface area contributed by atoms with Gasteiger partial charge in [0.2, 0.25) is 5.91 Å². The normalized spacial score (nSPS) is 15.0. The summed E-state index contributed by atoms with van der Waals surface area (Å²) in [5.74, 6) is -0.417. The van der Waals surface area contributed by atoms with Crippen molar-refractivity contribution < 1.29 is 18.0 Å². The van der Waals surface area contributed by atoms with Gasteiger partial charge in [-0.3, -0.25) is 4.79 Å². The Labute approximate surface area is 110 Å². The molecule has 1 aromatic rings. The fraction of sp³-hybridized carbons (Fsp3) is 0.462. The number of carbonyl (C=O) groups is 1. The highest BCUT2D eigenvalue weighted by Gasteiger charge is 2.30. The van der Waals surface area contributed by atoms with Gasteiger partial charge in [0, 0.05) is 18.5 Å². The van der Waals surface area contributed by atoms with Gasteiger partial charge in [0.15, 0.2) is 0 Å². The van der Waals surface area contributed by atoms with Gasteiger partial charge in [0.1, 0.15) is 0 Å². The molecule has 6 heteroatoms. The molecule has 0 bridgehead atoms. The van der Waals surface area contributed by atoms with E-state index < -0.39 is 17.6 Å². The summed E-state index contributed by atoms with van der Waals surface area (Å²) in [4.78, 5) is 10.7. The van der Waals surface area contributed by atoms with E-state index in [1.165, 1.54) is 12.1 Å². The average molecular weight is 274 g/mol. The van der Waals surface area contributed by atoms with Crippen molar-refractivity contribution in [2.24, 2.45) is 5.73 Å². The first kappa shape index (κ1) is 15.5. The van der Waals surface area contributed by atoms with Crippen molar-refractivity contribution in [2.75, 3.05) is 0 Å². The molecule has 0 fully saturated rings. The maximum atomic E-state index is 12.4. The van der Waals surface area contributed by atoms with Crippen LogP contribution in [-0.2, 0) is 11.0 Å². The van der Waals surface area contributed by atoms with Crippen LogP contribution in [0.15, 0.2) is 24.3 Å². The van der Waals surface area contributed by atoms with Crippen molar-refractivity contribution in [1.29, 1.82) is 0 Å². The molecule has 3 nitrogen and oxygen atoms in total. The van der Waals surface area contributed by atoms with Gasteiger partial charge in [0.25, 0.3) is 0 Å². The number of benzene rings is 1. The van der Waals surface area contributed by atoms with Crippen LogP contribution in [0.3, 0.4) is 0 Å². The predicted molar refractivity (Wildman–Crippen MR) is 66.3 cm³/mol. The molecular weight excluding hydrogens is 257 g/mol. The van der Waals surface area contributed by atoms with E-state index in [1.807, 2.05) is 6.92 Å². The SMILES string of the molecule is CC(CC(N)=O)NC(C)c1ccc(C(F)(F)F)cc1. The molecule has 19 heavy (non-hydrogen) atoms. The fourth-order valence-electron chi connectivity index (χ4n) is 1.84. The van der Waals surface area contributed by atoms with E-state index in [2.05, 4.69) is 5.32 Å². The molecule has 2 atom stereocenters. The Morgan fingerprint density at radius 3 is 2.21 bits per heavy atom. The Bertz CT molecular complexity index is 429. The molecule has 0 saturated carbocycles. The van der Waals surface area contributed by atoms with E-state index in [1.54, 1.807) is 6.92 Å². The highest BCUT2D eigenvalue weighted by atomic mass is 19.4. The maximum absolute atomic E-state index is 12.4. The second-order valence-electron chi connectivity index (χ2n) is 4.58. The molecular formula is C13H17F3N2O. The lowest BCUT2D eigenvalue weighted by atomic mass is 10.0. The van der Waals surface area contributed by atoms with Gasteiger partial charge >= 0.3 is 6.18 Å². The van der Waals surface area contributed by atoms with Crippen molar-refractivity contribution in [3.63, 3.8) is 0 Å². The number of amides is 1. The maximum Gasteiger partial charge on any atom is 0.416 e. The standard InChI is InChI=1S/C13H17F3N2O/c1-8(7-12(17)19)18-9(2)10-3-5-11(6-4-10)13(14,15)16/h3-6,8-9,18H,7H2,1-2H3,(H2,17,19). The van der Waals surface area contributed by atoms with Crippen LogP contribution in [0.1, 0.15) is 37.4 Å². The van der Waals surface area contributed by atoms with Gasteiger partial charge < -0.3 is 11.1 Å².